The summed E-state index contributed by atoms with van der Waals surface area (Å²) in [5.74, 6) is -1.47. The highest BCUT2D eigenvalue weighted by atomic mass is 35.5. The van der Waals surface area contributed by atoms with Crippen LogP contribution in [0.3, 0.4) is 0 Å². The van der Waals surface area contributed by atoms with Gasteiger partial charge in [0.05, 0.1) is 37.0 Å². The first-order valence-electron chi connectivity index (χ1n) is 9.90. The monoisotopic (exact) mass is 424 g/mol. The highest BCUT2D eigenvalue weighted by Gasteiger charge is 2.52. The second-order valence-corrected chi connectivity index (χ2v) is 8.63. The number of rotatable bonds is 7. The van der Waals surface area contributed by atoms with Crippen LogP contribution in [0.4, 0.5) is 0 Å². The molecule has 1 aromatic carbocycles. The number of hydrogen-bond acceptors (Lipinski definition) is 5. The van der Waals surface area contributed by atoms with Gasteiger partial charge in [0.15, 0.2) is 0 Å². The Morgan fingerprint density at radius 3 is 2.38 bits per heavy atom. The fourth-order valence-corrected chi connectivity index (χ4v) is 5.02. The molecule has 2 aliphatic heterocycles. The van der Waals surface area contributed by atoms with Gasteiger partial charge in [-0.1, -0.05) is 11.6 Å². The lowest BCUT2D eigenvalue weighted by molar-refractivity contribution is -0.961. The third-order valence-electron chi connectivity index (χ3n) is 6.19. The molecule has 2 aliphatic rings. The van der Waals surface area contributed by atoms with Crippen LogP contribution in [0.5, 0.6) is 5.75 Å². The summed E-state index contributed by atoms with van der Waals surface area (Å²) in [7, 11) is 2.23. The van der Waals surface area contributed by atoms with Crippen molar-refractivity contribution < 1.29 is 33.4 Å². The van der Waals surface area contributed by atoms with E-state index in [1.165, 1.54) is 6.92 Å². The molecule has 8 heteroatoms. The van der Waals surface area contributed by atoms with Gasteiger partial charge in [-0.15, -0.1) is 0 Å². The predicted molar refractivity (Wildman–Crippen MR) is 105 cm³/mol. The van der Waals surface area contributed by atoms with Crippen molar-refractivity contribution in [2.24, 2.45) is 0 Å². The van der Waals surface area contributed by atoms with Crippen molar-refractivity contribution >= 4 is 29.5 Å². The Morgan fingerprint density at radius 1 is 1.17 bits per heavy atom. The Morgan fingerprint density at radius 2 is 1.83 bits per heavy atom. The summed E-state index contributed by atoms with van der Waals surface area (Å²) in [4.78, 5) is 33.7. The van der Waals surface area contributed by atoms with E-state index in [-0.39, 0.29) is 18.9 Å². The zero-order chi connectivity index (χ0) is 21.2. The molecule has 2 saturated heterocycles. The van der Waals surface area contributed by atoms with E-state index in [4.69, 9.17) is 26.2 Å². The Labute approximate surface area is 175 Å². The van der Waals surface area contributed by atoms with Crippen LogP contribution in [0.1, 0.15) is 51.0 Å². The lowest BCUT2D eigenvalue weighted by Crippen LogP contribution is -2.58. The number of aliphatic carboxylic acids is 1. The maximum atomic E-state index is 11.9. The Kier molecular flexibility index (Phi) is 6.49. The number of carbonyl (C=O) groups is 3. The van der Waals surface area contributed by atoms with E-state index >= 15 is 0 Å². The number of carbonyl (C=O) groups excluding carboxylic acids is 2. The van der Waals surface area contributed by atoms with E-state index in [0.717, 1.165) is 42.3 Å². The number of quaternary nitrogens is 1. The quantitative estimate of drug-likeness (QED) is 0.410. The summed E-state index contributed by atoms with van der Waals surface area (Å²) in [5.41, 5.74) is 1.07. The van der Waals surface area contributed by atoms with Gasteiger partial charge >= 0.3 is 17.9 Å². The van der Waals surface area contributed by atoms with E-state index in [0.29, 0.717) is 22.9 Å². The molecule has 0 radical (unpaired) electrons. The van der Waals surface area contributed by atoms with Gasteiger partial charge in [-0.25, -0.2) is 0 Å². The van der Waals surface area contributed by atoms with Gasteiger partial charge in [0.25, 0.3) is 0 Å². The summed E-state index contributed by atoms with van der Waals surface area (Å²) in [6, 6.07) is 6.26. The number of fused-ring (bicyclic) bond motifs is 2. The SMILES string of the molecule is CC(=O)Oc1ccc(C[N+]2(C)[C@@H]3CC[C@H]2CC(OC(=O)CCC(=O)O)C3)cc1Cl. The molecule has 2 heterocycles. The lowest BCUT2D eigenvalue weighted by atomic mass is 9.95. The summed E-state index contributed by atoms with van der Waals surface area (Å²) in [6.45, 7) is 2.14. The van der Waals surface area contributed by atoms with Crippen molar-refractivity contribution in [3.05, 3.63) is 28.8 Å². The topological polar surface area (TPSA) is 89.9 Å². The molecule has 0 amide bonds. The van der Waals surface area contributed by atoms with E-state index in [1.54, 1.807) is 6.07 Å². The first-order valence-corrected chi connectivity index (χ1v) is 10.3. The summed E-state index contributed by atoms with van der Waals surface area (Å²) >= 11 is 6.27. The van der Waals surface area contributed by atoms with Crippen LogP contribution < -0.4 is 4.74 Å². The van der Waals surface area contributed by atoms with Gasteiger partial charge < -0.3 is 19.1 Å². The number of carboxylic acids is 1. The smallest absolute Gasteiger partial charge is 0.308 e. The zero-order valence-electron chi connectivity index (χ0n) is 16.7. The molecule has 3 rings (SSSR count). The number of esters is 2. The Bertz CT molecular complexity index is 796. The van der Waals surface area contributed by atoms with Crippen molar-refractivity contribution in [1.82, 2.24) is 0 Å². The molecule has 29 heavy (non-hydrogen) atoms. The molecule has 0 aliphatic carbocycles. The maximum absolute atomic E-state index is 11.9. The molecule has 2 unspecified atom stereocenters. The van der Waals surface area contributed by atoms with E-state index < -0.39 is 17.9 Å². The van der Waals surface area contributed by atoms with Gasteiger partial charge in [-0.05, 0) is 18.2 Å². The maximum Gasteiger partial charge on any atom is 0.308 e. The minimum Gasteiger partial charge on any atom is -0.481 e. The molecule has 2 bridgehead atoms. The third kappa shape index (κ3) is 5.08. The molecule has 158 valence electrons. The minimum absolute atomic E-state index is 0.0829. The molecule has 1 aromatic rings. The van der Waals surface area contributed by atoms with Crippen molar-refractivity contribution in [2.75, 3.05) is 7.05 Å². The molecule has 0 aromatic heterocycles. The molecular formula is C21H27ClNO6+. The Balaban J connectivity index is 1.63. The van der Waals surface area contributed by atoms with Gasteiger partial charge in [0.2, 0.25) is 0 Å². The van der Waals surface area contributed by atoms with Crippen LogP contribution in [0.2, 0.25) is 5.02 Å². The molecule has 7 nitrogen and oxygen atoms in total. The fourth-order valence-electron chi connectivity index (χ4n) is 4.78. The zero-order valence-corrected chi connectivity index (χ0v) is 17.5. The largest absolute Gasteiger partial charge is 0.481 e. The van der Waals surface area contributed by atoms with Crippen molar-refractivity contribution in [3.8, 4) is 5.75 Å². The highest BCUT2D eigenvalue weighted by Crippen LogP contribution is 2.44. The van der Waals surface area contributed by atoms with Gasteiger partial charge in [0.1, 0.15) is 18.4 Å². The van der Waals surface area contributed by atoms with E-state index in [1.807, 2.05) is 12.1 Å². The lowest BCUT2D eigenvalue weighted by Gasteiger charge is -2.47. The van der Waals surface area contributed by atoms with Gasteiger partial charge in [0, 0.05) is 38.2 Å². The van der Waals surface area contributed by atoms with Crippen LogP contribution in [-0.4, -0.2) is 52.7 Å². The minimum atomic E-state index is -0.992. The predicted octanol–water partition coefficient (Wildman–Crippen LogP) is 3.31. The molecular weight excluding hydrogens is 398 g/mol. The second kappa shape index (κ2) is 8.71. The first-order chi connectivity index (χ1) is 13.7. The van der Waals surface area contributed by atoms with Crippen molar-refractivity contribution in [1.29, 1.82) is 0 Å². The van der Waals surface area contributed by atoms with Crippen molar-refractivity contribution in [2.45, 2.75) is 70.2 Å². The number of nitrogens with zero attached hydrogens (tertiary/aromatic N) is 1. The number of piperidine rings is 1. The van der Waals surface area contributed by atoms with E-state index in [9.17, 15) is 14.4 Å². The number of carboxylic acid groups (broad SMARTS) is 1. The van der Waals surface area contributed by atoms with Crippen LogP contribution >= 0.6 is 11.6 Å². The third-order valence-corrected chi connectivity index (χ3v) is 6.48. The molecule has 0 spiro atoms. The first kappa shape index (κ1) is 21.6. The summed E-state index contributed by atoms with van der Waals surface area (Å²) < 4.78 is 11.5. The van der Waals surface area contributed by atoms with Crippen LogP contribution in [0.25, 0.3) is 0 Å². The number of hydrogen-bond donors (Lipinski definition) is 1. The van der Waals surface area contributed by atoms with Crippen molar-refractivity contribution in [3.63, 3.8) is 0 Å². The normalized spacial score (nSPS) is 28.0. The summed E-state index contributed by atoms with van der Waals surface area (Å²) in [5, 5.41) is 9.12. The standard InChI is InChI=1S/C21H26ClNO6/c1-13(24)28-19-6-3-14(9-18(19)22)12-23(2)15-4-5-16(23)11-17(10-15)29-21(27)8-7-20(25)26/h3,6,9,15-17H,4-5,7-8,10-12H2,1-2H3/p+1/t15-,16+,17?,23?. The molecule has 2 fully saturated rings. The second-order valence-electron chi connectivity index (χ2n) is 8.23. The average molecular weight is 425 g/mol. The number of halogens is 1. The van der Waals surface area contributed by atoms with Crippen LogP contribution in [0, 0.1) is 0 Å². The molecule has 0 saturated carbocycles. The highest BCUT2D eigenvalue weighted by molar-refractivity contribution is 6.32. The summed E-state index contributed by atoms with van der Waals surface area (Å²) in [6.07, 6.45) is 3.29. The van der Waals surface area contributed by atoms with Crippen LogP contribution in [0.15, 0.2) is 18.2 Å². The average Bonchev–Trinajstić information content (AvgIpc) is 2.80. The fraction of sp³-hybridized carbons (Fsp3) is 0.571. The molecule has 4 atom stereocenters. The van der Waals surface area contributed by atoms with Crippen LogP contribution in [-0.2, 0) is 25.7 Å². The van der Waals surface area contributed by atoms with Gasteiger partial charge in [-0.3, -0.25) is 14.4 Å². The molecule has 1 N–H and O–H groups in total. The van der Waals surface area contributed by atoms with E-state index in [2.05, 4.69) is 7.05 Å². The van der Waals surface area contributed by atoms with Gasteiger partial charge in [-0.2, -0.15) is 0 Å². The Hall–Kier alpha value is -2.12. The number of benzene rings is 1. The number of ether oxygens (including phenoxy) is 2.